The summed E-state index contributed by atoms with van der Waals surface area (Å²) in [6.07, 6.45) is 1.78. The minimum absolute atomic E-state index is 0.418. The van der Waals surface area contributed by atoms with Gasteiger partial charge in [0.15, 0.2) is 0 Å². The smallest absolute Gasteiger partial charge is 0.124 e. The molecule has 96 valence electrons. The second-order valence-corrected chi connectivity index (χ2v) is 11.0. The SMILES string of the molecule is C[Si](C)(C)c1ccc2ccc3cccnc3c2c1O. The van der Waals surface area contributed by atoms with Crippen molar-refractivity contribution in [2.75, 3.05) is 0 Å². The van der Waals surface area contributed by atoms with E-state index in [1.807, 2.05) is 18.2 Å². The number of aromatic nitrogens is 1. The average molecular weight is 267 g/mol. The first-order valence-corrected chi connectivity index (χ1v) is 9.98. The van der Waals surface area contributed by atoms with Gasteiger partial charge in [0.2, 0.25) is 0 Å². The molecule has 0 aliphatic carbocycles. The Hall–Kier alpha value is -1.87. The van der Waals surface area contributed by atoms with E-state index in [1.165, 1.54) is 0 Å². The van der Waals surface area contributed by atoms with Crippen molar-refractivity contribution in [3.63, 3.8) is 0 Å². The minimum atomic E-state index is -1.56. The molecule has 0 amide bonds. The van der Waals surface area contributed by atoms with Crippen LogP contribution < -0.4 is 5.19 Å². The first-order chi connectivity index (χ1) is 8.98. The van der Waals surface area contributed by atoms with Crippen molar-refractivity contribution in [1.29, 1.82) is 0 Å². The number of nitrogens with zero attached hydrogens (tertiary/aromatic N) is 1. The van der Waals surface area contributed by atoms with Crippen LogP contribution in [0, 0.1) is 0 Å². The molecule has 0 radical (unpaired) electrons. The van der Waals surface area contributed by atoms with Gasteiger partial charge in [0, 0.05) is 17.0 Å². The molecular formula is C16H17NOSi. The molecule has 0 saturated heterocycles. The summed E-state index contributed by atoms with van der Waals surface area (Å²) in [5.74, 6) is 0.418. The highest BCUT2D eigenvalue weighted by atomic mass is 28.3. The van der Waals surface area contributed by atoms with Crippen molar-refractivity contribution in [2.45, 2.75) is 19.6 Å². The van der Waals surface area contributed by atoms with Gasteiger partial charge in [0.25, 0.3) is 0 Å². The number of phenols is 1. The van der Waals surface area contributed by atoms with Crippen LogP contribution in [0.15, 0.2) is 42.6 Å². The van der Waals surface area contributed by atoms with Crippen molar-refractivity contribution < 1.29 is 5.11 Å². The molecule has 0 aliphatic heterocycles. The third kappa shape index (κ3) is 1.90. The van der Waals surface area contributed by atoms with E-state index >= 15 is 0 Å². The summed E-state index contributed by atoms with van der Waals surface area (Å²) in [5, 5.41) is 14.8. The molecule has 3 heteroatoms. The van der Waals surface area contributed by atoms with Crippen LogP contribution >= 0.6 is 0 Å². The standard InChI is InChI=1S/C16H17NOSi/c1-19(2,3)13-9-8-11-6-7-12-5-4-10-17-15(12)14(11)16(13)18/h4-10,18H,1-3H3. The Morgan fingerprint density at radius 3 is 2.37 bits per heavy atom. The van der Waals surface area contributed by atoms with E-state index in [4.69, 9.17) is 0 Å². The predicted octanol–water partition coefficient (Wildman–Crippen LogP) is 3.64. The Morgan fingerprint density at radius 2 is 1.63 bits per heavy atom. The topological polar surface area (TPSA) is 33.1 Å². The predicted molar refractivity (Wildman–Crippen MR) is 83.9 cm³/mol. The molecule has 0 bridgehead atoms. The monoisotopic (exact) mass is 267 g/mol. The molecule has 0 atom stereocenters. The molecule has 3 rings (SSSR count). The third-order valence-electron chi connectivity index (χ3n) is 3.54. The molecule has 0 spiro atoms. The maximum absolute atomic E-state index is 10.7. The number of aromatic hydroxyl groups is 1. The van der Waals surface area contributed by atoms with E-state index in [-0.39, 0.29) is 0 Å². The fourth-order valence-electron chi connectivity index (χ4n) is 2.54. The van der Waals surface area contributed by atoms with E-state index in [9.17, 15) is 5.11 Å². The van der Waals surface area contributed by atoms with Crippen LogP contribution in [0.2, 0.25) is 19.6 Å². The second kappa shape index (κ2) is 4.07. The van der Waals surface area contributed by atoms with Gasteiger partial charge in [0.05, 0.1) is 13.6 Å². The normalized spacial score (nSPS) is 12.2. The van der Waals surface area contributed by atoms with Crippen LogP contribution in [0.5, 0.6) is 5.75 Å². The average Bonchev–Trinajstić information content (AvgIpc) is 2.37. The number of hydrogen-bond acceptors (Lipinski definition) is 2. The maximum Gasteiger partial charge on any atom is 0.124 e. The number of pyridine rings is 1. The molecular weight excluding hydrogens is 250 g/mol. The number of rotatable bonds is 1. The van der Waals surface area contributed by atoms with Crippen molar-refractivity contribution >= 4 is 34.9 Å². The van der Waals surface area contributed by atoms with Gasteiger partial charge in [-0.3, -0.25) is 4.98 Å². The largest absolute Gasteiger partial charge is 0.507 e. The summed E-state index contributed by atoms with van der Waals surface area (Å²) in [4.78, 5) is 4.45. The molecule has 0 fully saturated rings. The van der Waals surface area contributed by atoms with Gasteiger partial charge in [-0.2, -0.15) is 0 Å². The van der Waals surface area contributed by atoms with Gasteiger partial charge in [-0.25, -0.2) is 0 Å². The molecule has 1 heterocycles. The van der Waals surface area contributed by atoms with E-state index in [0.29, 0.717) is 5.75 Å². The molecule has 1 N–H and O–H groups in total. The Labute approximate surface area is 113 Å². The molecule has 0 aliphatic rings. The van der Waals surface area contributed by atoms with Crippen molar-refractivity contribution in [3.05, 3.63) is 42.6 Å². The lowest BCUT2D eigenvalue weighted by atomic mass is 10.1. The van der Waals surface area contributed by atoms with Crippen molar-refractivity contribution in [2.24, 2.45) is 0 Å². The summed E-state index contributed by atoms with van der Waals surface area (Å²) >= 11 is 0. The highest BCUT2D eigenvalue weighted by Gasteiger charge is 2.22. The molecule has 0 unspecified atom stereocenters. The number of phenolic OH excluding ortho intramolecular Hbond substituents is 1. The van der Waals surface area contributed by atoms with Gasteiger partial charge in [-0.05, 0) is 16.6 Å². The number of hydrogen-bond donors (Lipinski definition) is 1. The van der Waals surface area contributed by atoms with Gasteiger partial charge >= 0.3 is 0 Å². The molecule has 3 aromatic rings. The first kappa shape index (κ1) is 12.2. The fourth-order valence-corrected chi connectivity index (χ4v) is 3.96. The minimum Gasteiger partial charge on any atom is -0.507 e. The van der Waals surface area contributed by atoms with Crippen molar-refractivity contribution in [1.82, 2.24) is 4.98 Å². The Kier molecular flexibility index (Phi) is 2.61. The zero-order chi connectivity index (χ0) is 13.6. The lowest BCUT2D eigenvalue weighted by Gasteiger charge is -2.19. The van der Waals surface area contributed by atoms with Crippen LogP contribution in [0.1, 0.15) is 0 Å². The Bertz CT molecular complexity index is 775. The van der Waals surface area contributed by atoms with E-state index in [1.54, 1.807) is 6.20 Å². The summed E-state index contributed by atoms with van der Waals surface area (Å²) in [6.45, 7) is 6.73. The third-order valence-corrected chi connectivity index (χ3v) is 5.56. The maximum atomic E-state index is 10.7. The summed E-state index contributed by atoms with van der Waals surface area (Å²) in [6, 6.07) is 12.2. The lowest BCUT2D eigenvalue weighted by Crippen LogP contribution is -2.37. The van der Waals surface area contributed by atoms with E-state index in [0.717, 1.165) is 26.9 Å². The van der Waals surface area contributed by atoms with Gasteiger partial charge in [-0.1, -0.05) is 50.0 Å². The van der Waals surface area contributed by atoms with Crippen LogP contribution in [0.25, 0.3) is 21.7 Å². The highest BCUT2D eigenvalue weighted by molar-refractivity contribution is 6.89. The molecule has 2 nitrogen and oxygen atoms in total. The zero-order valence-corrected chi connectivity index (χ0v) is 12.4. The lowest BCUT2D eigenvalue weighted by molar-refractivity contribution is 0.485. The van der Waals surface area contributed by atoms with Gasteiger partial charge in [0.1, 0.15) is 5.75 Å². The quantitative estimate of drug-likeness (QED) is 0.539. The fraction of sp³-hybridized carbons (Fsp3) is 0.188. The van der Waals surface area contributed by atoms with Crippen molar-refractivity contribution in [3.8, 4) is 5.75 Å². The molecule has 0 saturated carbocycles. The summed E-state index contributed by atoms with van der Waals surface area (Å²) in [7, 11) is -1.56. The van der Waals surface area contributed by atoms with E-state index in [2.05, 4.69) is 42.8 Å². The van der Waals surface area contributed by atoms with Crippen LogP contribution in [0.4, 0.5) is 0 Å². The van der Waals surface area contributed by atoms with Crippen LogP contribution in [0.3, 0.4) is 0 Å². The molecule has 1 aromatic heterocycles. The van der Waals surface area contributed by atoms with Crippen LogP contribution in [-0.2, 0) is 0 Å². The first-order valence-electron chi connectivity index (χ1n) is 6.48. The molecule has 19 heavy (non-hydrogen) atoms. The highest BCUT2D eigenvalue weighted by Crippen LogP contribution is 2.31. The van der Waals surface area contributed by atoms with Gasteiger partial charge in [-0.15, -0.1) is 0 Å². The Morgan fingerprint density at radius 1 is 0.947 bits per heavy atom. The number of fused-ring (bicyclic) bond motifs is 3. The second-order valence-electron chi connectivity index (χ2n) is 5.95. The van der Waals surface area contributed by atoms with Gasteiger partial charge < -0.3 is 5.11 Å². The Balaban J connectivity index is 2.50. The molecule has 2 aromatic carbocycles. The zero-order valence-electron chi connectivity index (χ0n) is 11.4. The number of benzene rings is 2. The van der Waals surface area contributed by atoms with E-state index < -0.39 is 8.07 Å². The van der Waals surface area contributed by atoms with Crippen LogP contribution in [-0.4, -0.2) is 18.2 Å². The summed E-state index contributed by atoms with van der Waals surface area (Å²) < 4.78 is 0. The summed E-state index contributed by atoms with van der Waals surface area (Å²) in [5.41, 5.74) is 0.887.